The normalized spacial score (nSPS) is 17.3. The van der Waals surface area contributed by atoms with E-state index in [0.717, 1.165) is 6.42 Å². The van der Waals surface area contributed by atoms with E-state index in [9.17, 15) is 4.79 Å². The van der Waals surface area contributed by atoms with Gasteiger partial charge in [0, 0.05) is 13.0 Å². The highest BCUT2D eigenvalue weighted by Crippen LogP contribution is 2.21. The lowest BCUT2D eigenvalue weighted by molar-refractivity contribution is -0.142. The average molecular weight is 197 g/mol. The summed E-state index contributed by atoms with van der Waals surface area (Å²) in [5, 5.41) is 2.56. The molecule has 4 heteroatoms. The smallest absolute Gasteiger partial charge is 0.408 e. The van der Waals surface area contributed by atoms with Crippen LogP contribution < -0.4 is 5.32 Å². The van der Waals surface area contributed by atoms with E-state index in [1.54, 1.807) is 0 Å². The molecule has 1 rings (SSSR count). The fourth-order valence-corrected chi connectivity index (χ4v) is 1.05. The maximum absolute atomic E-state index is 11.2. The summed E-state index contributed by atoms with van der Waals surface area (Å²) < 4.78 is 10.2. The van der Waals surface area contributed by atoms with Crippen LogP contribution in [0.3, 0.4) is 0 Å². The number of hydrogen-bond acceptors (Lipinski definition) is 3. The van der Waals surface area contributed by atoms with E-state index in [1.807, 2.05) is 13.8 Å². The van der Waals surface area contributed by atoms with Crippen LogP contribution in [0, 0.1) is 11.8 Å². The average Bonchev–Trinajstić information content (AvgIpc) is 2.10. The van der Waals surface area contributed by atoms with Crippen molar-refractivity contribution in [2.45, 2.75) is 25.9 Å². The molecule has 0 aromatic rings. The van der Waals surface area contributed by atoms with Gasteiger partial charge in [-0.1, -0.05) is 18.8 Å². The topological polar surface area (TPSA) is 47.6 Å². The molecule has 1 saturated heterocycles. The minimum atomic E-state index is -0.699. The molecule has 0 radical (unpaired) electrons. The molecular formula is C10H15NO3. The van der Waals surface area contributed by atoms with E-state index >= 15 is 0 Å². The Kier molecular flexibility index (Phi) is 3.78. The van der Waals surface area contributed by atoms with Crippen molar-refractivity contribution < 1.29 is 14.3 Å². The second-order valence-electron chi connectivity index (χ2n) is 3.06. The standard InChI is InChI=1S/C10H15NO3/c1-3-5-6-10(7-13-8-10)14-9(12)11-4-2/h3-4,7-8H2,1-2H3,(H,11,12). The lowest BCUT2D eigenvalue weighted by atomic mass is 10.0. The van der Waals surface area contributed by atoms with Crippen LogP contribution in [0.2, 0.25) is 0 Å². The zero-order chi connectivity index (χ0) is 10.4. The molecule has 4 nitrogen and oxygen atoms in total. The highest BCUT2D eigenvalue weighted by Gasteiger charge is 2.41. The van der Waals surface area contributed by atoms with Crippen molar-refractivity contribution >= 4 is 6.09 Å². The largest absolute Gasteiger partial charge is 0.425 e. The SMILES string of the molecule is CCC#CC1(OC(=O)NCC)COC1. The van der Waals surface area contributed by atoms with Crippen LogP contribution in [-0.4, -0.2) is 31.5 Å². The minimum absolute atomic E-state index is 0.372. The predicted molar refractivity (Wildman–Crippen MR) is 51.8 cm³/mol. The van der Waals surface area contributed by atoms with Crippen molar-refractivity contribution in [3.05, 3.63) is 0 Å². The number of alkyl carbamates (subject to hydrolysis) is 1. The van der Waals surface area contributed by atoms with E-state index in [4.69, 9.17) is 9.47 Å². The maximum atomic E-state index is 11.2. The highest BCUT2D eigenvalue weighted by molar-refractivity contribution is 5.68. The lowest BCUT2D eigenvalue weighted by Crippen LogP contribution is -2.53. The third-order valence-electron chi connectivity index (χ3n) is 1.77. The number of carbonyl (C=O) groups excluding carboxylic acids is 1. The molecule has 0 spiro atoms. The molecule has 1 aliphatic rings. The Hall–Kier alpha value is -1.21. The summed E-state index contributed by atoms with van der Waals surface area (Å²) in [5.74, 6) is 5.82. The van der Waals surface area contributed by atoms with Crippen LogP contribution in [0.5, 0.6) is 0 Å². The fourth-order valence-electron chi connectivity index (χ4n) is 1.05. The molecule has 1 heterocycles. The maximum Gasteiger partial charge on any atom is 0.408 e. The van der Waals surface area contributed by atoms with Gasteiger partial charge in [0.15, 0.2) is 0 Å². The number of rotatable bonds is 2. The summed E-state index contributed by atoms with van der Waals surface area (Å²) in [6.45, 7) is 5.08. The van der Waals surface area contributed by atoms with Crippen molar-refractivity contribution in [3.63, 3.8) is 0 Å². The van der Waals surface area contributed by atoms with E-state index in [1.165, 1.54) is 0 Å². The molecular weight excluding hydrogens is 182 g/mol. The van der Waals surface area contributed by atoms with Crippen LogP contribution in [-0.2, 0) is 9.47 Å². The summed E-state index contributed by atoms with van der Waals surface area (Å²) in [6, 6.07) is 0. The number of carbonyl (C=O) groups is 1. The molecule has 0 unspecified atom stereocenters. The van der Waals surface area contributed by atoms with Gasteiger partial charge in [0.05, 0.1) is 0 Å². The molecule has 0 aliphatic carbocycles. The second kappa shape index (κ2) is 4.87. The first-order valence-corrected chi connectivity index (χ1v) is 4.77. The highest BCUT2D eigenvalue weighted by atomic mass is 16.6. The number of ether oxygens (including phenoxy) is 2. The first-order valence-electron chi connectivity index (χ1n) is 4.77. The third-order valence-corrected chi connectivity index (χ3v) is 1.77. The number of hydrogen-bond donors (Lipinski definition) is 1. The summed E-state index contributed by atoms with van der Waals surface area (Å²) >= 11 is 0. The van der Waals surface area contributed by atoms with E-state index in [0.29, 0.717) is 19.8 Å². The van der Waals surface area contributed by atoms with Gasteiger partial charge in [-0.25, -0.2) is 4.79 Å². The molecule has 0 saturated carbocycles. The lowest BCUT2D eigenvalue weighted by Gasteiger charge is -2.35. The third kappa shape index (κ3) is 2.64. The Labute approximate surface area is 84.0 Å². The second-order valence-corrected chi connectivity index (χ2v) is 3.06. The Morgan fingerprint density at radius 1 is 1.57 bits per heavy atom. The molecule has 1 aliphatic heterocycles. The zero-order valence-corrected chi connectivity index (χ0v) is 8.55. The predicted octanol–water partition coefficient (Wildman–Crippen LogP) is 0.915. The van der Waals surface area contributed by atoms with Crippen LogP contribution in [0.15, 0.2) is 0 Å². The van der Waals surface area contributed by atoms with Crippen molar-refractivity contribution in [2.75, 3.05) is 19.8 Å². The van der Waals surface area contributed by atoms with Gasteiger partial charge >= 0.3 is 6.09 Å². The van der Waals surface area contributed by atoms with Gasteiger partial charge in [-0.15, -0.1) is 0 Å². The molecule has 14 heavy (non-hydrogen) atoms. The van der Waals surface area contributed by atoms with Crippen molar-refractivity contribution in [3.8, 4) is 11.8 Å². The van der Waals surface area contributed by atoms with E-state index in [2.05, 4.69) is 17.2 Å². The molecule has 0 aromatic heterocycles. The zero-order valence-electron chi connectivity index (χ0n) is 8.55. The first kappa shape index (κ1) is 10.9. The summed E-state index contributed by atoms with van der Waals surface area (Å²) in [4.78, 5) is 11.2. The summed E-state index contributed by atoms with van der Waals surface area (Å²) in [6.07, 6.45) is 0.321. The van der Waals surface area contributed by atoms with Gasteiger partial charge in [0.1, 0.15) is 13.2 Å². The number of nitrogens with one attached hydrogen (secondary N) is 1. The Morgan fingerprint density at radius 2 is 2.29 bits per heavy atom. The van der Waals surface area contributed by atoms with Crippen LogP contribution >= 0.6 is 0 Å². The molecule has 1 amide bonds. The van der Waals surface area contributed by atoms with Gasteiger partial charge in [-0.3, -0.25) is 0 Å². The molecule has 78 valence electrons. The van der Waals surface area contributed by atoms with Gasteiger partial charge in [0.2, 0.25) is 5.60 Å². The monoisotopic (exact) mass is 197 g/mol. The molecule has 0 bridgehead atoms. The number of amides is 1. The summed E-state index contributed by atoms with van der Waals surface area (Å²) in [5.41, 5.74) is -0.699. The first-order chi connectivity index (χ1) is 6.72. The van der Waals surface area contributed by atoms with E-state index in [-0.39, 0.29) is 0 Å². The molecule has 0 aromatic carbocycles. The van der Waals surface area contributed by atoms with Crippen LogP contribution in [0.25, 0.3) is 0 Å². The molecule has 0 atom stereocenters. The van der Waals surface area contributed by atoms with Gasteiger partial charge in [0.25, 0.3) is 0 Å². The van der Waals surface area contributed by atoms with Crippen molar-refractivity contribution in [1.82, 2.24) is 5.32 Å². The van der Waals surface area contributed by atoms with Crippen LogP contribution in [0.1, 0.15) is 20.3 Å². The Balaban J connectivity index is 2.49. The van der Waals surface area contributed by atoms with Gasteiger partial charge in [-0.2, -0.15) is 0 Å². The van der Waals surface area contributed by atoms with Crippen LogP contribution in [0.4, 0.5) is 4.79 Å². The Morgan fingerprint density at radius 3 is 2.71 bits per heavy atom. The molecule has 1 N–H and O–H groups in total. The van der Waals surface area contributed by atoms with Gasteiger partial charge in [-0.05, 0) is 6.92 Å². The molecule has 1 fully saturated rings. The Bertz CT molecular complexity index is 260. The van der Waals surface area contributed by atoms with Crippen molar-refractivity contribution in [2.24, 2.45) is 0 Å². The fraction of sp³-hybridized carbons (Fsp3) is 0.700. The van der Waals surface area contributed by atoms with Crippen molar-refractivity contribution in [1.29, 1.82) is 0 Å². The van der Waals surface area contributed by atoms with Gasteiger partial charge < -0.3 is 14.8 Å². The van der Waals surface area contributed by atoms with E-state index < -0.39 is 11.7 Å². The quantitative estimate of drug-likeness (QED) is 0.669. The minimum Gasteiger partial charge on any atom is -0.425 e. The summed E-state index contributed by atoms with van der Waals surface area (Å²) in [7, 11) is 0.